The highest BCUT2D eigenvalue weighted by atomic mass is 31.2. The summed E-state index contributed by atoms with van der Waals surface area (Å²) in [6.45, 7) is 7.51. The fourth-order valence-corrected chi connectivity index (χ4v) is 5.11. The largest absolute Gasteiger partial charge is 0.342 e. The van der Waals surface area contributed by atoms with Gasteiger partial charge in [0.15, 0.2) is 0 Å². The fourth-order valence-electron chi connectivity index (χ4n) is 2.56. The number of hydrogen-bond donors (Lipinski definition) is 0. The van der Waals surface area contributed by atoms with E-state index in [0.29, 0.717) is 0 Å². The van der Waals surface area contributed by atoms with Crippen LogP contribution in [-0.4, -0.2) is 12.2 Å². The highest BCUT2D eigenvalue weighted by Gasteiger charge is 2.40. The lowest BCUT2D eigenvalue weighted by molar-refractivity contribution is 0.138. The van der Waals surface area contributed by atoms with Crippen LogP contribution in [0.5, 0.6) is 0 Å². The molecule has 0 N–H and O–H groups in total. The minimum atomic E-state index is -3.39. The third-order valence-corrected chi connectivity index (χ3v) is 5.92. The molecule has 0 spiro atoms. The van der Waals surface area contributed by atoms with E-state index >= 15 is 0 Å². The summed E-state index contributed by atoms with van der Waals surface area (Å²) in [7, 11) is -3.39. The lowest BCUT2D eigenvalue weighted by atomic mass is 10.0. The van der Waals surface area contributed by atoms with Gasteiger partial charge in [0, 0.05) is 0 Å². The van der Waals surface area contributed by atoms with Gasteiger partial charge in [-0.15, -0.1) is 0 Å². The molecule has 4 heteroatoms. The van der Waals surface area contributed by atoms with Crippen molar-refractivity contribution in [3.05, 3.63) is 71.8 Å². The van der Waals surface area contributed by atoms with Crippen molar-refractivity contribution in [3.8, 4) is 0 Å². The molecule has 2 aromatic carbocycles. The first-order chi connectivity index (χ1) is 10.9. The summed E-state index contributed by atoms with van der Waals surface area (Å²) in [5.74, 6) is 0. The molecule has 0 unspecified atom stereocenters. The maximum absolute atomic E-state index is 13.7. The molecule has 0 fully saturated rings. The zero-order valence-electron chi connectivity index (χ0n) is 14.2. The van der Waals surface area contributed by atoms with E-state index in [2.05, 4.69) is 0 Å². The van der Waals surface area contributed by atoms with Crippen molar-refractivity contribution in [1.29, 1.82) is 0 Å². The molecule has 23 heavy (non-hydrogen) atoms. The van der Waals surface area contributed by atoms with Gasteiger partial charge in [-0.05, 0) is 38.8 Å². The lowest BCUT2D eigenvalue weighted by Gasteiger charge is -2.30. The molecule has 3 nitrogen and oxygen atoms in total. The third kappa shape index (κ3) is 4.78. The molecule has 0 aromatic heterocycles. The zero-order valence-corrected chi connectivity index (χ0v) is 15.1. The quantitative estimate of drug-likeness (QED) is 0.599. The standard InChI is InChI=1S/C19H25O3P/c1-15(2)21-23(20,22-16(3)4)19(17-11-7-5-8-12-17)18-13-9-6-10-14-18/h5-16,19H,1-4H3. The second-order valence-corrected chi connectivity index (χ2v) is 8.09. The van der Waals surface area contributed by atoms with Crippen LogP contribution in [0.1, 0.15) is 44.5 Å². The first-order valence-electron chi connectivity index (χ1n) is 7.99. The maximum atomic E-state index is 13.7. The van der Waals surface area contributed by atoms with E-state index in [-0.39, 0.29) is 12.2 Å². The van der Waals surface area contributed by atoms with Crippen LogP contribution in [-0.2, 0) is 13.6 Å². The van der Waals surface area contributed by atoms with Crippen LogP contribution in [0.4, 0.5) is 0 Å². The zero-order chi connectivity index (χ0) is 16.9. The normalized spacial score (nSPS) is 12.3. The van der Waals surface area contributed by atoms with E-state index in [4.69, 9.17) is 9.05 Å². The average Bonchev–Trinajstić information content (AvgIpc) is 2.47. The fraction of sp³-hybridized carbons (Fsp3) is 0.368. The van der Waals surface area contributed by atoms with Crippen molar-refractivity contribution in [3.63, 3.8) is 0 Å². The van der Waals surface area contributed by atoms with Crippen LogP contribution in [0, 0.1) is 0 Å². The molecule has 0 aliphatic carbocycles. The van der Waals surface area contributed by atoms with Gasteiger partial charge in [-0.3, -0.25) is 4.57 Å². The van der Waals surface area contributed by atoms with Crippen molar-refractivity contribution >= 4 is 7.60 Å². The average molecular weight is 332 g/mol. The molecule has 0 amide bonds. The van der Waals surface area contributed by atoms with Gasteiger partial charge in [-0.25, -0.2) is 0 Å². The monoisotopic (exact) mass is 332 g/mol. The van der Waals surface area contributed by atoms with Gasteiger partial charge in [0.25, 0.3) is 0 Å². The SMILES string of the molecule is CC(C)OP(=O)(OC(C)C)C(c1ccccc1)c1ccccc1. The van der Waals surface area contributed by atoms with E-state index in [1.165, 1.54) is 0 Å². The summed E-state index contributed by atoms with van der Waals surface area (Å²) in [6, 6.07) is 19.6. The maximum Gasteiger partial charge on any atom is 0.342 e. The predicted octanol–water partition coefficient (Wildman–Crippen LogP) is 5.82. The third-order valence-electron chi connectivity index (χ3n) is 3.26. The predicted molar refractivity (Wildman–Crippen MR) is 94.8 cm³/mol. The van der Waals surface area contributed by atoms with Crippen molar-refractivity contribution < 1.29 is 13.6 Å². The topological polar surface area (TPSA) is 35.5 Å². The highest BCUT2D eigenvalue weighted by Crippen LogP contribution is 2.64. The molecule has 0 aliphatic rings. The number of benzene rings is 2. The second kappa shape index (κ2) is 7.92. The smallest absolute Gasteiger partial charge is 0.305 e. The Bertz CT molecular complexity index is 585. The van der Waals surface area contributed by atoms with Crippen LogP contribution >= 0.6 is 7.60 Å². The summed E-state index contributed by atoms with van der Waals surface area (Å²) < 4.78 is 25.4. The minimum Gasteiger partial charge on any atom is -0.305 e. The van der Waals surface area contributed by atoms with Crippen molar-refractivity contribution in [2.24, 2.45) is 0 Å². The molecule has 2 aromatic rings. The van der Waals surface area contributed by atoms with Crippen molar-refractivity contribution in [1.82, 2.24) is 0 Å². The van der Waals surface area contributed by atoms with Gasteiger partial charge in [0.1, 0.15) is 5.66 Å². The number of rotatable bonds is 7. The molecule has 124 valence electrons. The molecule has 0 atom stereocenters. The van der Waals surface area contributed by atoms with Gasteiger partial charge in [0.2, 0.25) is 0 Å². The second-order valence-electron chi connectivity index (χ2n) is 6.07. The van der Waals surface area contributed by atoms with Crippen LogP contribution in [0.25, 0.3) is 0 Å². The Morgan fingerprint density at radius 3 is 1.35 bits per heavy atom. The molecule has 0 bridgehead atoms. The van der Waals surface area contributed by atoms with E-state index in [1.807, 2.05) is 88.4 Å². The van der Waals surface area contributed by atoms with Gasteiger partial charge in [-0.2, -0.15) is 0 Å². The molecule has 0 heterocycles. The minimum absolute atomic E-state index is 0.186. The first-order valence-corrected chi connectivity index (χ1v) is 9.60. The number of hydrogen-bond acceptors (Lipinski definition) is 3. The van der Waals surface area contributed by atoms with Crippen LogP contribution in [0.3, 0.4) is 0 Å². The van der Waals surface area contributed by atoms with E-state index in [1.54, 1.807) is 0 Å². The van der Waals surface area contributed by atoms with Gasteiger partial charge >= 0.3 is 7.60 Å². The van der Waals surface area contributed by atoms with Gasteiger partial charge in [-0.1, -0.05) is 60.7 Å². The Morgan fingerprint density at radius 1 is 0.696 bits per heavy atom. The lowest BCUT2D eigenvalue weighted by Crippen LogP contribution is -2.14. The Balaban J connectivity index is 2.56. The Kier molecular flexibility index (Phi) is 6.17. The van der Waals surface area contributed by atoms with Crippen LogP contribution < -0.4 is 0 Å². The van der Waals surface area contributed by atoms with Crippen molar-refractivity contribution in [2.75, 3.05) is 0 Å². The van der Waals surface area contributed by atoms with Crippen LogP contribution in [0.15, 0.2) is 60.7 Å². The van der Waals surface area contributed by atoms with E-state index < -0.39 is 13.3 Å². The Hall–Kier alpha value is -1.41. The summed E-state index contributed by atoms with van der Waals surface area (Å²) in [5.41, 5.74) is 1.43. The molecule has 0 saturated carbocycles. The highest BCUT2D eigenvalue weighted by molar-refractivity contribution is 7.54. The Morgan fingerprint density at radius 2 is 1.04 bits per heavy atom. The summed E-state index contributed by atoms with van der Waals surface area (Å²) in [5, 5.41) is 0. The summed E-state index contributed by atoms with van der Waals surface area (Å²) >= 11 is 0. The molecular formula is C19H25O3P. The Labute approximate surface area is 139 Å². The molecule has 0 radical (unpaired) electrons. The van der Waals surface area contributed by atoms with E-state index in [9.17, 15) is 4.57 Å². The molecule has 2 rings (SSSR count). The van der Waals surface area contributed by atoms with Gasteiger partial charge in [0.05, 0.1) is 12.2 Å². The first kappa shape index (κ1) is 17.9. The van der Waals surface area contributed by atoms with Gasteiger partial charge < -0.3 is 9.05 Å². The van der Waals surface area contributed by atoms with Crippen LogP contribution in [0.2, 0.25) is 0 Å². The summed E-state index contributed by atoms with van der Waals surface area (Å²) in [6.07, 6.45) is -0.371. The van der Waals surface area contributed by atoms with Crippen molar-refractivity contribution in [2.45, 2.75) is 45.6 Å². The molecule has 0 aliphatic heterocycles. The van der Waals surface area contributed by atoms with E-state index in [0.717, 1.165) is 11.1 Å². The summed E-state index contributed by atoms with van der Waals surface area (Å²) in [4.78, 5) is 0. The molecule has 0 saturated heterocycles. The molecular weight excluding hydrogens is 307 g/mol.